The van der Waals surface area contributed by atoms with Crippen molar-refractivity contribution in [1.29, 1.82) is 0 Å². The van der Waals surface area contributed by atoms with Crippen LogP contribution < -0.4 is 10.1 Å². The second-order valence-corrected chi connectivity index (χ2v) is 6.30. The molecule has 0 unspecified atom stereocenters. The molecule has 0 bridgehead atoms. The van der Waals surface area contributed by atoms with Crippen molar-refractivity contribution < 1.29 is 9.53 Å². The van der Waals surface area contributed by atoms with E-state index in [1.165, 1.54) is 11.1 Å². The van der Waals surface area contributed by atoms with Crippen molar-refractivity contribution >= 4 is 5.91 Å². The van der Waals surface area contributed by atoms with E-state index < -0.39 is 0 Å². The van der Waals surface area contributed by atoms with E-state index in [1.54, 1.807) is 7.11 Å². The van der Waals surface area contributed by atoms with Gasteiger partial charge in [0.15, 0.2) is 0 Å². The number of nitrogens with one attached hydrogen (secondary N) is 1. The molecule has 1 N–H and O–H groups in total. The fourth-order valence-electron chi connectivity index (χ4n) is 2.93. The molecule has 0 aliphatic heterocycles. The second-order valence-electron chi connectivity index (χ2n) is 6.30. The van der Waals surface area contributed by atoms with E-state index in [0.29, 0.717) is 6.54 Å². The fourth-order valence-corrected chi connectivity index (χ4v) is 2.93. The van der Waals surface area contributed by atoms with Crippen molar-refractivity contribution in [3.05, 3.63) is 65.2 Å². The molecule has 1 saturated carbocycles. The van der Waals surface area contributed by atoms with Crippen LogP contribution in [0.5, 0.6) is 5.75 Å². The Morgan fingerprint density at radius 3 is 2.30 bits per heavy atom. The number of hydrogen-bond donors (Lipinski definition) is 1. The van der Waals surface area contributed by atoms with Crippen molar-refractivity contribution in [2.45, 2.75) is 31.6 Å². The van der Waals surface area contributed by atoms with E-state index in [-0.39, 0.29) is 11.3 Å². The molecule has 0 heterocycles. The van der Waals surface area contributed by atoms with Gasteiger partial charge < -0.3 is 10.1 Å². The molecule has 0 saturated heterocycles. The Labute approximate surface area is 137 Å². The smallest absolute Gasteiger partial charge is 0.230 e. The van der Waals surface area contributed by atoms with E-state index in [1.807, 2.05) is 24.3 Å². The highest BCUT2D eigenvalue weighted by molar-refractivity contribution is 5.91. The molecule has 1 fully saturated rings. The van der Waals surface area contributed by atoms with Crippen molar-refractivity contribution in [2.24, 2.45) is 0 Å². The third-order valence-corrected chi connectivity index (χ3v) is 4.65. The SMILES string of the molecule is COc1ccc(CCNC(=O)C2(c3ccc(C)cc3)CC2)cc1. The highest BCUT2D eigenvalue weighted by atomic mass is 16.5. The van der Waals surface area contributed by atoms with Crippen LogP contribution >= 0.6 is 0 Å². The summed E-state index contributed by atoms with van der Waals surface area (Å²) in [5.41, 5.74) is 3.29. The summed E-state index contributed by atoms with van der Waals surface area (Å²) in [6.07, 6.45) is 2.73. The maximum absolute atomic E-state index is 12.6. The minimum Gasteiger partial charge on any atom is -0.497 e. The van der Waals surface area contributed by atoms with Gasteiger partial charge in [0.05, 0.1) is 12.5 Å². The topological polar surface area (TPSA) is 38.3 Å². The summed E-state index contributed by atoms with van der Waals surface area (Å²) in [5.74, 6) is 1.02. The number of aryl methyl sites for hydroxylation is 1. The average molecular weight is 309 g/mol. The van der Waals surface area contributed by atoms with E-state index in [0.717, 1.165) is 30.6 Å². The maximum atomic E-state index is 12.6. The standard InChI is InChI=1S/C20H23NO2/c1-15-3-7-17(8-4-15)20(12-13-20)19(22)21-14-11-16-5-9-18(23-2)10-6-16/h3-10H,11-14H2,1-2H3,(H,21,22). The number of carbonyl (C=O) groups is 1. The van der Waals surface area contributed by atoms with Gasteiger partial charge in [0.2, 0.25) is 5.91 Å². The lowest BCUT2D eigenvalue weighted by Gasteiger charge is -2.16. The van der Waals surface area contributed by atoms with E-state index in [4.69, 9.17) is 4.74 Å². The molecule has 120 valence electrons. The fraction of sp³-hybridized carbons (Fsp3) is 0.350. The summed E-state index contributed by atoms with van der Waals surface area (Å²) in [5, 5.41) is 3.11. The lowest BCUT2D eigenvalue weighted by atomic mass is 9.94. The van der Waals surface area contributed by atoms with Crippen molar-refractivity contribution in [1.82, 2.24) is 5.32 Å². The monoisotopic (exact) mass is 309 g/mol. The van der Waals surface area contributed by atoms with E-state index in [2.05, 4.69) is 36.5 Å². The number of benzene rings is 2. The molecule has 3 heteroatoms. The van der Waals surface area contributed by atoms with Gasteiger partial charge >= 0.3 is 0 Å². The van der Waals surface area contributed by atoms with E-state index in [9.17, 15) is 4.79 Å². The molecule has 0 atom stereocenters. The van der Waals surface area contributed by atoms with Crippen LogP contribution in [0.25, 0.3) is 0 Å². The minimum atomic E-state index is -0.284. The Morgan fingerprint density at radius 1 is 1.09 bits per heavy atom. The Morgan fingerprint density at radius 2 is 1.74 bits per heavy atom. The molecule has 1 aliphatic rings. The van der Waals surface area contributed by atoms with Crippen LogP contribution in [0.2, 0.25) is 0 Å². The van der Waals surface area contributed by atoms with Crippen LogP contribution in [-0.2, 0) is 16.6 Å². The summed E-state index contributed by atoms with van der Waals surface area (Å²) < 4.78 is 5.15. The molecule has 0 aromatic heterocycles. The molecule has 3 nitrogen and oxygen atoms in total. The number of carbonyl (C=O) groups excluding carboxylic acids is 1. The zero-order chi connectivity index (χ0) is 16.3. The Balaban J connectivity index is 1.55. The van der Waals surface area contributed by atoms with Crippen LogP contribution in [0.1, 0.15) is 29.5 Å². The summed E-state index contributed by atoms with van der Waals surface area (Å²) in [6.45, 7) is 2.73. The number of amides is 1. The Kier molecular flexibility index (Phi) is 4.37. The third kappa shape index (κ3) is 3.39. The average Bonchev–Trinajstić information content (AvgIpc) is 3.38. The van der Waals surface area contributed by atoms with Gasteiger partial charge in [0.25, 0.3) is 0 Å². The molecule has 0 radical (unpaired) electrons. The van der Waals surface area contributed by atoms with Gasteiger partial charge in [-0.15, -0.1) is 0 Å². The second kappa shape index (κ2) is 6.45. The largest absolute Gasteiger partial charge is 0.497 e. The molecule has 0 spiro atoms. The van der Waals surface area contributed by atoms with E-state index >= 15 is 0 Å². The number of methoxy groups -OCH3 is 1. The lowest BCUT2D eigenvalue weighted by molar-refractivity contribution is -0.123. The van der Waals surface area contributed by atoms with Crippen LogP contribution in [-0.4, -0.2) is 19.6 Å². The summed E-state index contributed by atoms with van der Waals surface area (Å²) in [7, 11) is 1.66. The first-order chi connectivity index (χ1) is 11.1. The van der Waals surface area contributed by atoms with Gasteiger partial charge in [-0.3, -0.25) is 4.79 Å². The first kappa shape index (κ1) is 15.6. The zero-order valence-electron chi connectivity index (χ0n) is 13.8. The van der Waals surface area contributed by atoms with Gasteiger partial charge in [-0.25, -0.2) is 0 Å². The quantitative estimate of drug-likeness (QED) is 0.888. The van der Waals surface area contributed by atoms with Crippen molar-refractivity contribution in [3.8, 4) is 5.75 Å². The van der Waals surface area contributed by atoms with Crippen LogP contribution in [0.3, 0.4) is 0 Å². The highest BCUT2D eigenvalue weighted by Crippen LogP contribution is 2.48. The summed E-state index contributed by atoms with van der Waals surface area (Å²) in [4.78, 5) is 12.6. The molecular weight excluding hydrogens is 286 g/mol. The van der Waals surface area contributed by atoms with Gasteiger partial charge in [-0.2, -0.15) is 0 Å². The van der Waals surface area contributed by atoms with Crippen LogP contribution in [0, 0.1) is 6.92 Å². The summed E-state index contributed by atoms with van der Waals surface area (Å²) in [6, 6.07) is 16.3. The summed E-state index contributed by atoms with van der Waals surface area (Å²) >= 11 is 0. The first-order valence-electron chi connectivity index (χ1n) is 8.12. The number of rotatable bonds is 6. The van der Waals surface area contributed by atoms with Gasteiger partial charge in [-0.1, -0.05) is 42.0 Å². The molecular formula is C20H23NO2. The van der Waals surface area contributed by atoms with Crippen molar-refractivity contribution in [2.75, 3.05) is 13.7 Å². The number of hydrogen-bond acceptors (Lipinski definition) is 2. The Hall–Kier alpha value is -2.29. The molecule has 2 aromatic carbocycles. The predicted molar refractivity (Wildman–Crippen MR) is 91.8 cm³/mol. The predicted octanol–water partition coefficient (Wildman–Crippen LogP) is 3.39. The van der Waals surface area contributed by atoms with Gasteiger partial charge in [0.1, 0.15) is 5.75 Å². The third-order valence-electron chi connectivity index (χ3n) is 4.65. The molecule has 2 aromatic rings. The normalized spacial score (nSPS) is 15.0. The van der Waals surface area contributed by atoms with Crippen LogP contribution in [0.4, 0.5) is 0 Å². The van der Waals surface area contributed by atoms with Crippen molar-refractivity contribution in [3.63, 3.8) is 0 Å². The lowest BCUT2D eigenvalue weighted by Crippen LogP contribution is -2.35. The molecule has 1 aliphatic carbocycles. The highest BCUT2D eigenvalue weighted by Gasteiger charge is 2.50. The Bertz CT molecular complexity index is 670. The molecule has 1 amide bonds. The van der Waals surface area contributed by atoms with Crippen LogP contribution in [0.15, 0.2) is 48.5 Å². The van der Waals surface area contributed by atoms with Gasteiger partial charge in [0, 0.05) is 6.54 Å². The first-order valence-corrected chi connectivity index (χ1v) is 8.12. The minimum absolute atomic E-state index is 0.162. The molecule has 23 heavy (non-hydrogen) atoms. The molecule has 3 rings (SSSR count). The van der Waals surface area contributed by atoms with Gasteiger partial charge in [-0.05, 0) is 49.4 Å². The zero-order valence-corrected chi connectivity index (χ0v) is 13.8. The number of ether oxygens (including phenoxy) is 1. The maximum Gasteiger partial charge on any atom is 0.230 e.